The molecule has 1 aromatic rings. The number of piperazine rings is 1. The Morgan fingerprint density at radius 1 is 1.46 bits per heavy atom. The van der Waals surface area contributed by atoms with E-state index in [0.717, 1.165) is 6.54 Å². The van der Waals surface area contributed by atoms with Gasteiger partial charge in [-0.1, -0.05) is 6.07 Å². The molecule has 0 unspecified atom stereocenters. The summed E-state index contributed by atoms with van der Waals surface area (Å²) in [6.07, 6.45) is 0.0526. The highest BCUT2D eigenvalue weighted by Crippen LogP contribution is 2.20. The number of benzene rings is 1. The van der Waals surface area contributed by atoms with Crippen molar-refractivity contribution in [3.63, 3.8) is 0 Å². The van der Waals surface area contributed by atoms with Gasteiger partial charge in [0.15, 0.2) is 0 Å². The fraction of sp³-hybridized carbons (Fsp3) is 0.556. The number of amides is 2. The molecule has 0 radical (unpaired) electrons. The number of carbonyl (C=O) groups is 2. The standard InChI is InChI=1S/C18H27FN4O3/c1-22(2)8-6-20-17(24)11-16-18(25)21-7-9-23(16)12-13-4-5-14(26-3)10-15(13)19/h4-5,10,16H,6-9,11-12H2,1-3H3,(H,20,24)(H,21,25)/t16-/m0/s1. The van der Waals surface area contributed by atoms with Crippen LogP contribution in [-0.2, 0) is 16.1 Å². The van der Waals surface area contributed by atoms with Crippen molar-refractivity contribution in [2.75, 3.05) is 47.4 Å². The van der Waals surface area contributed by atoms with Gasteiger partial charge < -0.3 is 20.3 Å². The van der Waals surface area contributed by atoms with Crippen LogP contribution >= 0.6 is 0 Å². The molecule has 0 aromatic heterocycles. The van der Waals surface area contributed by atoms with Crippen LogP contribution in [0.1, 0.15) is 12.0 Å². The fourth-order valence-corrected chi connectivity index (χ4v) is 2.84. The van der Waals surface area contributed by atoms with Gasteiger partial charge in [-0.25, -0.2) is 4.39 Å². The second-order valence-electron chi connectivity index (χ2n) is 6.59. The highest BCUT2D eigenvalue weighted by Gasteiger charge is 2.32. The van der Waals surface area contributed by atoms with E-state index in [4.69, 9.17) is 4.74 Å². The minimum atomic E-state index is -0.607. The molecule has 1 fully saturated rings. The average Bonchev–Trinajstić information content (AvgIpc) is 2.59. The third-order valence-corrected chi connectivity index (χ3v) is 4.34. The molecule has 1 saturated heterocycles. The van der Waals surface area contributed by atoms with Crippen molar-refractivity contribution < 1.29 is 18.7 Å². The quantitative estimate of drug-likeness (QED) is 0.688. The third-order valence-electron chi connectivity index (χ3n) is 4.34. The van der Waals surface area contributed by atoms with Crippen molar-refractivity contribution in [1.82, 2.24) is 20.4 Å². The normalized spacial score (nSPS) is 17.9. The first-order valence-electron chi connectivity index (χ1n) is 8.66. The number of hydrogen-bond acceptors (Lipinski definition) is 5. The summed E-state index contributed by atoms with van der Waals surface area (Å²) < 4.78 is 19.2. The zero-order chi connectivity index (χ0) is 19.1. The van der Waals surface area contributed by atoms with Gasteiger partial charge in [-0.15, -0.1) is 0 Å². The number of nitrogens with one attached hydrogen (secondary N) is 2. The second kappa shape index (κ2) is 9.49. The van der Waals surface area contributed by atoms with Crippen LogP contribution in [0.2, 0.25) is 0 Å². The van der Waals surface area contributed by atoms with Gasteiger partial charge in [0.05, 0.1) is 19.6 Å². The van der Waals surface area contributed by atoms with Gasteiger partial charge in [0, 0.05) is 44.4 Å². The van der Waals surface area contributed by atoms with E-state index in [0.29, 0.717) is 30.9 Å². The van der Waals surface area contributed by atoms with Crippen LogP contribution in [0, 0.1) is 5.82 Å². The Kier molecular flexibility index (Phi) is 7.35. The number of halogens is 1. The smallest absolute Gasteiger partial charge is 0.237 e. The molecule has 1 aliphatic rings. The molecule has 1 heterocycles. The maximum Gasteiger partial charge on any atom is 0.237 e. The van der Waals surface area contributed by atoms with E-state index in [1.54, 1.807) is 12.1 Å². The summed E-state index contributed by atoms with van der Waals surface area (Å²) in [5, 5.41) is 5.59. The highest BCUT2D eigenvalue weighted by atomic mass is 19.1. The molecular weight excluding hydrogens is 339 g/mol. The van der Waals surface area contributed by atoms with Crippen molar-refractivity contribution in [3.05, 3.63) is 29.6 Å². The van der Waals surface area contributed by atoms with Crippen LogP contribution in [0.25, 0.3) is 0 Å². The molecular formula is C18H27FN4O3. The molecule has 0 bridgehead atoms. The first kappa shape index (κ1) is 20.1. The Balaban J connectivity index is 2.01. The molecule has 26 heavy (non-hydrogen) atoms. The minimum Gasteiger partial charge on any atom is -0.497 e. The molecule has 8 heteroatoms. The Hall–Kier alpha value is -2.19. The predicted octanol–water partition coefficient (Wildman–Crippen LogP) is 0.203. The summed E-state index contributed by atoms with van der Waals surface area (Å²) in [5.41, 5.74) is 0.471. The van der Waals surface area contributed by atoms with Gasteiger partial charge in [-0.3, -0.25) is 14.5 Å². The maximum atomic E-state index is 14.2. The number of ether oxygens (including phenoxy) is 1. The summed E-state index contributed by atoms with van der Waals surface area (Å²) in [4.78, 5) is 28.2. The Morgan fingerprint density at radius 2 is 2.23 bits per heavy atom. The molecule has 1 aliphatic heterocycles. The van der Waals surface area contributed by atoms with Gasteiger partial charge in [0.1, 0.15) is 11.6 Å². The highest BCUT2D eigenvalue weighted by molar-refractivity contribution is 5.88. The number of nitrogens with zero attached hydrogens (tertiary/aromatic N) is 2. The fourth-order valence-electron chi connectivity index (χ4n) is 2.84. The van der Waals surface area contributed by atoms with Gasteiger partial charge >= 0.3 is 0 Å². The first-order valence-corrected chi connectivity index (χ1v) is 8.66. The van der Waals surface area contributed by atoms with Crippen LogP contribution in [0.5, 0.6) is 5.75 Å². The molecule has 144 valence electrons. The van der Waals surface area contributed by atoms with Crippen molar-refractivity contribution in [1.29, 1.82) is 0 Å². The minimum absolute atomic E-state index is 0.0526. The summed E-state index contributed by atoms with van der Waals surface area (Å²) in [6, 6.07) is 4.05. The van der Waals surface area contributed by atoms with E-state index < -0.39 is 6.04 Å². The van der Waals surface area contributed by atoms with Crippen molar-refractivity contribution in [2.24, 2.45) is 0 Å². The van der Waals surface area contributed by atoms with Crippen molar-refractivity contribution >= 4 is 11.8 Å². The van der Waals surface area contributed by atoms with E-state index in [1.165, 1.54) is 13.2 Å². The number of methoxy groups -OCH3 is 1. The van der Waals surface area contributed by atoms with Crippen LogP contribution in [0.3, 0.4) is 0 Å². The molecule has 7 nitrogen and oxygen atoms in total. The van der Waals surface area contributed by atoms with Crippen LogP contribution < -0.4 is 15.4 Å². The van der Waals surface area contributed by atoms with Gasteiger partial charge in [-0.05, 0) is 20.2 Å². The molecule has 2 N–H and O–H groups in total. The number of hydrogen-bond donors (Lipinski definition) is 2. The molecule has 0 aliphatic carbocycles. The van der Waals surface area contributed by atoms with E-state index in [2.05, 4.69) is 10.6 Å². The maximum absolute atomic E-state index is 14.2. The topological polar surface area (TPSA) is 73.9 Å². The van der Waals surface area contributed by atoms with Crippen LogP contribution in [0.4, 0.5) is 4.39 Å². The zero-order valence-corrected chi connectivity index (χ0v) is 15.5. The largest absolute Gasteiger partial charge is 0.497 e. The SMILES string of the molecule is COc1ccc(CN2CCNC(=O)[C@@H]2CC(=O)NCCN(C)C)c(F)c1. The molecule has 0 saturated carbocycles. The zero-order valence-electron chi connectivity index (χ0n) is 15.5. The first-order chi connectivity index (χ1) is 12.4. The number of carbonyl (C=O) groups excluding carboxylic acids is 2. The lowest BCUT2D eigenvalue weighted by Gasteiger charge is -2.34. The van der Waals surface area contributed by atoms with Crippen LogP contribution in [0.15, 0.2) is 18.2 Å². The predicted molar refractivity (Wildman–Crippen MR) is 96.3 cm³/mol. The molecule has 2 rings (SSSR count). The Labute approximate surface area is 153 Å². The molecule has 1 aromatic carbocycles. The Morgan fingerprint density at radius 3 is 2.88 bits per heavy atom. The molecule has 2 amide bonds. The van der Waals surface area contributed by atoms with Crippen molar-refractivity contribution in [2.45, 2.75) is 19.0 Å². The Bertz CT molecular complexity index is 639. The lowest BCUT2D eigenvalue weighted by atomic mass is 10.1. The molecule has 1 atom stereocenters. The lowest BCUT2D eigenvalue weighted by molar-refractivity contribution is -0.134. The van der Waals surface area contributed by atoms with Gasteiger partial charge in [0.2, 0.25) is 11.8 Å². The second-order valence-corrected chi connectivity index (χ2v) is 6.59. The van der Waals surface area contributed by atoms with Gasteiger partial charge in [-0.2, -0.15) is 0 Å². The average molecular weight is 366 g/mol. The summed E-state index contributed by atoms with van der Waals surface area (Å²) >= 11 is 0. The number of likely N-dealkylation sites (N-methyl/N-ethyl adjacent to an activating group) is 1. The summed E-state index contributed by atoms with van der Waals surface area (Å²) in [5.74, 6) is -0.328. The number of rotatable bonds is 8. The van der Waals surface area contributed by atoms with Gasteiger partial charge in [0.25, 0.3) is 0 Å². The summed E-state index contributed by atoms with van der Waals surface area (Å²) in [7, 11) is 5.33. The molecule has 0 spiro atoms. The van der Waals surface area contributed by atoms with Crippen LogP contribution in [-0.4, -0.2) is 75.0 Å². The van der Waals surface area contributed by atoms with E-state index >= 15 is 0 Å². The monoisotopic (exact) mass is 366 g/mol. The van der Waals surface area contributed by atoms with E-state index in [9.17, 15) is 14.0 Å². The summed E-state index contributed by atoms with van der Waals surface area (Å²) in [6.45, 7) is 2.55. The van der Waals surface area contributed by atoms with E-state index in [-0.39, 0.29) is 30.6 Å². The van der Waals surface area contributed by atoms with E-state index in [1.807, 2.05) is 23.9 Å². The lowest BCUT2D eigenvalue weighted by Crippen LogP contribution is -2.56. The third kappa shape index (κ3) is 5.67. The van der Waals surface area contributed by atoms with Crippen molar-refractivity contribution in [3.8, 4) is 5.75 Å².